The number of hydrogen-bond donors (Lipinski definition) is 2. The van der Waals surface area contributed by atoms with Crippen LogP contribution in [0.4, 0.5) is 0 Å². The average molecular weight is 391 g/mol. The Morgan fingerprint density at radius 3 is 2.63 bits per heavy atom. The Kier molecular flexibility index (Phi) is 8.10. The molecule has 0 fully saturated rings. The summed E-state index contributed by atoms with van der Waals surface area (Å²) in [6.45, 7) is 2.62. The maximum atomic E-state index is 12.2. The van der Waals surface area contributed by atoms with Gasteiger partial charge in [0.15, 0.2) is 0 Å². The van der Waals surface area contributed by atoms with E-state index in [0.717, 1.165) is 16.9 Å². The van der Waals surface area contributed by atoms with E-state index in [1.165, 1.54) is 0 Å². The number of nitrogens with one attached hydrogen (secondary N) is 2. The Balaban J connectivity index is 1.72. The van der Waals surface area contributed by atoms with Crippen molar-refractivity contribution in [3.8, 4) is 5.75 Å². The third-order valence-corrected chi connectivity index (χ3v) is 4.06. The largest absolute Gasteiger partial charge is 0.493 e. The highest BCUT2D eigenvalue weighted by molar-refractivity contribution is 6.30. The van der Waals surface area contributed by atoms with E-state index in [4.69, 9.17) is 21.1 Å². The van der Waals surface area contributed by atoms with Crippen LogP contribution in [0.2, 0.25) is 5.02 Å². The molecule has 0 atom stereocenters. The van der Waals surface area contributed by atoms with Gasteiger partial charge in [-0.1, -0.05) is 29.8 Å². The van der Waals surface area contributed by atoms with Gasteiger partial charge in [0.2, 0.25) is 5.91 Å². The molecule has 2 rings (SSSR count). The van der Waals surface area contributed by atoms with Crippen molar-refractivity contribution in [3.05, 3.63) is 64.2 Å². The van der Waals surface area contributed by atoms with E-state index in [0.29, 0.717) is 30.2 Å². The molecular formula is C20H23ClN2O4. The monoisotopic (exact) mass is 390 g/mol. The van der Waals surface area contributed by atoms with Gasteiger partial charge in [-0.05, 0) is 48.7 Å². The van der Waals surface area contributed by atoms with Gasteiger partial charge >= 0.3 is 0 Å². The van der Waals surface area contributed by atoms with Crippen molar-refractivity contribution in [1.82, 2.24) is 10.9 Å². The molecule has 0 saturated heterocycles. The van der Waals surface area contributed by atoms with Gasteiger partial charge in [-0.3, -0.25) is 20.4 Å². The maximum Gasteiger partial charge on any atom is 0.270 e. The van der Waals surface area contributed by atoms with Crippen molar-refractivity contribution in [2.24, 2.45) is 0 Å². The van der Waals surface area contributed by atoms with Crippen molar-refractivity contribution >= 4 is 23.4 Å². The number of aryl methyl sites for hydroxylation is 1. The van der Waals surface area contributed by atoms with Crippen LogP contribution in [-0.4, -0.2) is 25.5 Å². The number of hydrazine groups is 1. The molecule has 0 saturated carbocycles. The number of halogens is 1. The number of hydrogen-bond acceptors (Lipinski definition) is 4. The molecule has 0 unspecified atom stereocenters. The number of ether oxygens (including phenoxy) is 2. The maximum absolute atomic E-state index is 12.2. The SMILES string of the molecule is COCc1ccccc1C(=O)NNC(=O)CCCOc1ccc(Cl)cc1C. The molecule has 0 spiro atoms. The first-order chi connectivity index (χ1) is 13.0. The van der Waals surface area contributed by atoms with E-state index in [1.807, 2.05) is 19.1 Å². The first kappa shape index (κ1) is 20.7. The molecule has 2 aromatic carbocycles. The van der Waals surface area contributed by atoms with E-state index in [1.54, 1.807) is 37.4 Å². The van der Waals surface area contributed by atoms with Crippen molar-refractivity contribution in [2.45, 2.75) is 26.4 Å². The van der Waals surface area contributed by atoms with E-state index in [-0.39, 0.29) is 18.2 Å². The Morgan fingerprint density at radius 2 is 1.89 bits per heavy atom. The molecule has 0 aliphatic rings. The highest BCUT2D eigenvalue weighted by Crippen LogP contribution is 2.21. The third-order valence-electron chi connectivity index (χ3n) is 3.82. The number of carbonyl (C=O) groups is 2. The zero-order valence-electron chi connectivity index (χ0n) is 15.4. The molecule has 0 aliphatic carbocycles. The highest BCUT2D eigenvalue weighted by Gasteiger charge is 2.11. The van der Waals surface area contributed by atoms with Crippen LogP contribution < -0.4 is 15.6 Å². The summed E-state index contributed by atoms with van der Waals surface area (Å²) < 4.78 is 10.7. The molecular weight excluding hydrogens is 368 g/mol. The summed E-state index contributed by atoms with van der Waals surface area (Å²) in [5.41, 5.74) is 6.98. The van der Waals surface area contributed by atoms with E-state index >= 15 is 0 Å². The summed E-state index contributed by atoms with van der Waals surface area (Å²) >= 11 is 5.90. The Hall–Kier alpha value is -2.57. The average Bonchev–Trinajstić information content (AvgIpc) is 2.65. The lowest BCUT2D eigenvalue weighted by molar-refractivity contribution is -0.122. The van der Waals surface area contributed by atoms with Crippen molar-refractivity contribution in [1.29, 1.82) is 0 Å². The number of rotatable bonds is 8. The summed E-state index contributed by atoms with van der Waals surface area (Å²) in [6, 6.07) is 12.4. The predicted octanol–water partition coefficient (Wildman–Crippen LogP) is 3.42. The summed E-state index contributed by atoms with van der Waals surface area (Å²) in [5, 5.41) is 0.655. The van der Waals surface area contributed by atoms with Gasteiger partial charge in [0.25, 0.3) is 5.91 Å². The van der Waals surface area contributed by atoms with Gasteiger partial charge in [-0.2, -0.15) is 0 Å². The molecule has 6 nitrogen and oxygen atoms in total. The molecule has 144 valence electrons. The summed E-state index contributed by atoms with van der Waals surface area (Å²) in [7, 11) is 1.56. The van der Waals surface area contributed by atoms with Crippen LogP contribution in [0.5, 0.6) is 5.75 Å². The summed E-state index contributed by atoms with van der Waals surface area (Å²) in [5.74, 6) is 0.0656. The topological polar surface area (TPSA) is 76.7 Å². The number of amides is 2. The van der Waals surface area contributed by atoms with Gasteiger partial charge in [0.05, 0.1) is 13.2 Å². The molecule has 2 N–H and O–H groups in total. The van der Waals surface area contributed by atoms with Crippen LogP contribution in [-0.2, 0) is 16.1 Å². The molecule has 7 heteroatoms. The molecule has 0 radical (unpaired) electrons. The van der Waals surface area contributed by atoms with Gasteiger partial charge in [0, 0.05) is 24.1 Å². The van der Waals surface area contributed by atoms with E-state index in [9.17, 15) is 9.59 Å². The van der Waals surface area contributed by atoms with Crippen LogP contribution in [0.25, 0.3) is 0 Å². The van der Waals surface area contributed by atoms with Crippen LogP contribution in [0, 0.1) is 6.92 Å². The van der Waals surface area contributed by atoms with Crippen LogP contribution >= 0.6 is 11.6 Å². The standard InChI is InChI=1S/C20H23ClN2O4/c1-14-12-16(21)9-10-18(14)27-11-5-8-19(24)22-23-20(25)17-7-4-3-6-15(17)13-26-2/h3-4,6-7,9-10,12H,5,8,11,13H2,1-2H3,(H,22,24)(H,23,25). The van der Waals surface area contributed by atoms with Crippen LogP contribution in [0.15, 0.2) is 42.5 Å². The van der Waals surface area contributed by atoms with Gasteiger partial charge in [0.1, 0.15) is 5.75 Å². The lowest BCUT2D eigenvalue weighted by Crippen LogP contribution is -2.42. The number of benzene rings is 2. The molecule has 0 bridgehead atoms. The quantitative estimate of drug-likeness (QED) is 0.535. The van der Waals surface area contributed by atoms with Gasteiger partial charge in [-0.15, -0.1) is 0 Å². The van der Waals surface area contributed by atoms with Crippen molar-refractivity contribution in [2.75, 3.05) is 13.7 Å². The second-order valence-electron chi connectivity index (χ2n) is 5.95. The van der Waals surface area contributed by atoms with Crippen LogP contribution in [0.1, 0.15) is 34.3 Å². The fourth-order valence-electron chi connectivity index (χ4n) is 2.47. The van der Waals surface area contributed by atoms with E-state index in [2.05, 4.69) is 10.9 Å². The Morgan fingerprint density at radius 1 is 1.11 bits per heavy atom. The summed E-state index contributed by atoms with van der Waals surface area (Å²) in [4.78, 5) is 24.1. The molecule has 2 aromatic rings. The minimum absolute atomic E-state index is 0.229. The van der Waals surface area contributed by atoms with E-state index < -0.39 is 0 Å². The zero-order chi connectivity index (χ0) is 19.6. The minimum Gasteiger partial charge on any atom is -0.493 e. The van der Waals surface area contributed by atoms with Crippen molar-refractivity contribution < 1.29 is 19.1 Å². The van der Waals surface area contributed by atoms with Crippen molar-refractivity contribution in [3.63, 3.8) is 0 Å². The minimum atomic E-state index is -0.385. The molecule has 2 amide bonds. The normalized spacial score (nSPS) is 10.3. The molecule has 0 heterocycles. The second-order valence-corrected chi connectivity index (χ2v) is 6.39. The number of carbonyl (C=O) groups excluding carboxylic acids is 2. The molecule has 0 aliphatic heterocycles. The lowest BCUT2D eigenvalue weighted by atomic mass is 10.1. The first-order valence-electron chi connectivity index (χ1n) is 8.56. The fraction of sp³-hybridized carbons (Fsp3) is 0.300. The first-order valence-corrected chi connectivity index (χ1v) is 8.94. The second kappa shape index (κ2) is 10.5. The summed E-state index contributed by atoms with van der Waals surface area (Å²) in [6.07, 6.45) is 0.747. The Bertz CT molecular complexity index is 795. The van der Waals surface area contributed by atoms with Gasteiger partial charge < -0.3 is 9.47 Å². The number of methoxy groups -OCH3 is 1. The molecule has 27 heavy (non-hydrogen) atoms. The van der Waals surface area contributed by atoms with Crippen LogP contribution in [0.3, 0.4) is 0 Å². The third kappa shape index (κ3) is 6.58. The van der Waals surface area contributed by atoms with Gasteiger partial charge in [-0.25, -0.2) is 0 Å². The smallest absolute Gasteiger partial charge is 0.270 e. The lowest BCUT2D eigenvalue weighted by Gasteiger charge is -2.11. The zero-order valence-corrected chi connectivity index (χ0v) is 16.1. The Labute approximate surface area is 163 Å². The molecule has 0 aromatic heterocycles. The fourth-order valence-corrected chi connectivity index (χ4v) is 2.70. The highest BCUT2D eigenvalue weighted by atomic mass is 35.5. The predicted molar refractivity (Wildman–Crippen MR) is 104 cm³/mol.